The fourth-order valence-corrected chi connectivity index (χ4v) is 2.85. The molecule has 0 radical (unpaired) electrons. The average molecular weight is 253 g/mol. The number of hydrogen-bond donors (Lipinski definition) is 1. The zero-order valence-electron chi connectivity index (χ0n) is 9.46. The van der Waals surface area contributed by atoms with Gasteiger partial charge in [0.05, 0.1) is 11.7 Å². The van der Waals surface area contributed by atoms with Gasteiger partial charge in [0.25, 0.3) is 0 Å². The molecular formula is C12H15NO3S. The van der Waals surface area contributed by atoms with Crippen LogP contribution in [0.5, 0.6) is 0 Å². The molecule has 92 valence electrons. The van der Waals surface area contributed by atoms with Gasteiger partial charge in [-0.15, -0.1) is 11.8 Å². The van der Waals surface area contributed by atoms with Crippen molar-refractivity contribution in [1.29, 1.82) is 0 Å². The lowest BCUT2D eigenvalue weighted by atomic mass is 10.2. The van der Waals surface area contributed by atoms with Crippen LogP contribution in [0, 0.1) is 0 Å². The third-order valence-corrected chi connectivity index (χ3v) is 3.74. The van der Waals surface area contributed by atoms with Crippen molar-refractivity contribution in [2.24, 2.45) is 0 Å². The van der Waals surface area contributed by atoms with Gasteiger partial charge < -0.3 is 9.84 Å². The maximum Gasteiger partial charge on any atom is 0.338 e. The highest BCUT2D eigenvalue weighted by atomic mass is 32.2. The molecule has 1 fully saturated rings. The second-order valence-electron chi connectivity index (χ2n) is 3.93. The van der Waals surface area contributed by atoms with Gasteiger partial charge in [-0.1, -0.05) is 0 Å². The van der Waals surface area contributed by atoms with E-state index in [1.165, 1.54) is 11.8 Å². The maximum absolute atomic E-state index is 11.0. The van der Waals surface area contributed by atoms with Crippen molar-refractivity contribution < 1.29 is 14.6 Å². The van der Waals surface area contributed by atoms with E-state index in [1.54, 1.807) is 18.3 Å². The van der Waals surface area contributed by atoms with E-state index in [-0.39, 0.29) is 5.56 Å². The van der Waals surface area contributed by atoms with Crippen molar-refractivity contribution in [3.05, 3.63) is 23.9 Å². The second-order valence-corrected chi connectivity index (χ2v) is 5.02. The van der Waals surface area contributed by atoms with E-state index in [0.29, 0.717) is 11.1 Å². The molecule has 1 aliphatic heterocycles. The van der Waals surface area contributed by atoms with Crippen molar-refractivity contribution in [2.75, 3.05) is 12.4 Å². The molecule has 4 nitrogen and oxygen atoms in total. The fourth-order valence-electron chi connectivity index (χ4n) is 1.83. The van der Waals surface area contributed by atoms with Crippen molar-refractivity contribution in [3.8, 4) is 0 Å². The van der Waals surface area contributed by atoms with E-state index in [4.69, 9.17) is 9.84 Å². The van der Waals surface area contributed by atoms with Crippen molar-refractivity contribution >= 4 is 17.7 Å². The predicted molar refractivity (Wildman–Crippen MR) is 65.5 cm³/mol. The number of hydrogen-bond acceptors (Lipinski definition) is 4. The van der Waals surface area contributed by atoms with Crippen LogP contribution >= 0.6 is 11.8 Å². The summed E-state index contributed by atoms with van der Waals surface area (Å²) >= 11 is 1.49. The summed E-state index contributed by atoms with van der Waals surface area (Å²) < 4.78 is 5.52. The van der Waals surface area contributed by atoms with Crippen LogP contribution in [0.3, 0.4) is 0 Å². The first-order chi connectivity index (χ1) is 8.27. The van der Waals surface area contributed by atoms with E-state index < -0.39 is 5.97 Å². The molecule has 1 atom stereocenters. The lowest BCUT2D eigenvalue weighted by Crippen LogP contribution is -2.06. The molecule has 1 saturated heterocycles. The molecule has 1 aromatic heterocycles. The average Bonchev–Trinajstić information content (AvgIpc) is 2.82. The van der Waals surface area contributed by atoms with E-state index >= 15 is 0 Å². The van der Waals surface area contributed by atoms with Gasteiger partial charge in [0, 0.05) is 18.6 Å². The van der Waals surface area contributed by atoms with Crippen LogP contribution in [0.15, 0.2) is 23.4 Å². The first kappa shape index (κ1) is 12.4. The first-order valence-electron chi connectivity index (χ1n) is 5.70. The standard InChI is InChI=1S/C12H15NO3S/c14-12(15)10-4-1-6-13-11(10)17-8-5-9-3-2-7-16-9/h1,4,6,9H,2-3,5,7-8H2,(H,14,15). The molecule has 1 aliphatic rings. The van der Waals surface area contributed by atoms with Gasteiger partial charge in [-0.3, -0.25) is 0 Å². The number of thioether (sulfide) groups is 1. The minimum Gasteiger partial charge on any atom is -0.478 e. The van der Waals surface area contributed by atoms with Crippen molar-refractivity contribution in [2.45, 2.75) is 30.4 Å². The van der Waals surface area contributed by atoms with Crippen molar-refractivity contribution in [3.63, 3.8) is 0 Å². The number of nitrogens with zero attached hydrogens (tertiary/aromatic N) is 1. The number of pyridine rings is 1. The number of aromatic nitrogens is 1. The van der Waals surface area contributed by atoms with Gasteiger partial charge in [-0.2, -0.15) is 0 Å². The molecule has 0 bridgehead atoms. The van der Waals surface area contributed by atoms with E-state index in [2.05, 4.69) is 4.98 Å². The molecule has 0 spiro atoms. The Hall–Kier alpha value is -1.07. The quantitative estimate of drug-likeness (QED) is 0.817. The molecular weight excluding hydrogens is 238 g/mol. The van der Waals surface area contributed by atoms with Crippen molar-refractivity contribution in [1.82, 2.24) is 4.98 Å². The molecule has 0 aromatic carbocycles. The third-order valence-electron chi connectivity index (χ3n) is 2.70. The zero-order valence-corrected chi connectivity index (χ0v) is 10.3. The molecule has 5 heteroatoms. The van der Waals surface area contributed by atoms with Crippen LogP contribution in [0.1, 0.15) is 29.6 Å². The number of ether oxygens (including phenoxy) is 1. The lowest BCUT2D eigenvalue weighted by molar-refractivity contribution is 0.0692. The van der Waals surface area contributed by atoms with Crippen LogP contribution in [0.25, 0.3) is 0 Å². The molecule has 0 saturated carbocycles. The highest BCUT2D eigenvalue weighted by Crippen LogP contribution is 2.24. The van der Waals surface area contributed by atoms with Gasteiger partial charge in [-0.05, 0) is 31.4 Å². The number of carbonyl (C=O) groups is 1. The van der Waals surface area contributed by atoms with Crippen LogP contribution in [-0.2, 0) is 4.74 Å². The Kier molecular flexibility index (Phi) is 4.39. The molecule has 0 amide bonds. The molecule has 17 heavy (non-hydrogen) atoms. The predicted octanol–water partition coefficient (Wildman–Crippen LogP) is 2.44. The molecule has 1 unspecified atom stereocenters. The zero-order chi connectivity index (χ0) is 12.1. The molecule has 1 aromatic rings. The number of aromatic carboxylic acids is 1. The van der Waals surface area contributed by atoms with E-state index in [1.807, 2.05) is 0 Å². The van der Waals surface area contributed by atoms with Crippen LogP contribution < -0.4 is 0 Å². The minimum atomic E-state index is -0.919. The lowest BCUT2D eigenvalue weighted by Gasteiger charge is -2.08. The fraction of sp³-hybridized carbons (Fsp3) is 0.500. The Labute approximate surface area is 104 Å². The Morgan fingerprint density at radius 2 is 2.53 bits per heavy atom. The first-order valence-corrected chi connectivity index (χ1v) is 6.68. The largest absolute Gasteiger partial charge is 0.478 e. The summed E-state index contributed by atoms with van der Waals surface area (Å²) in [7, 11) is 0. The van der Waals surface area contributed by atoms with Crippen LogP contribution in [-0.4, -0.2) is 34.5 Å². The van der Waals surface area contributed by atoms with Gasteiger partial charge >= 0.3 is 5.97 Å². The molecule has 0 aliphatic carbocycles. The smallest absolute Gasteiger partial charge is 0.338 e. The number of carboxylic acid groups (broad SMARTS) is 1. The monoisotopic (exact) mass is 253 g/mol. The van der Waals surface area contributed by atoms with E-state index in [9.17, 15) is 4.79 Å². The van der Waals surface area contributed by atoms with Gasteiger partial charge in [0.2, 0.25) is 0 Å². The summed E-state index contributed by atoms with van der Waals surface area (Å²) in [4.78, 5) is 15.1. The van der Waals surface area contributed by atoms with Crippen LogP contribution in [0.4, 0.5) is 0 Å². The topological polar surface area (TPSA) is 59.4 Å². The van der Waals surface area contributed by atoms with Gasteiger partial charge in [0.15, 0.2) is 0 Å². The number of rotatable bonds is 5. The molecule has 2 heterocycles. The highest BCUT2D eigenvalue weighted by molar-refractivity contribution is 7.99. The third kappa shape index (κ3) is 3.44. The molecule has 2 rings (SSSR count). The maximum atomic E-state index is 11.0. The summed E-state index contributed by atoms with van der Waals surface area (Å²) in [5, 5.41) is 9.59. The Morgan fingerprint density at radius 3 is 3.24 bits per heavy atom. The van der Waals surface area contributed by atoms with E-state index in [0.717, 1.165) is 31.6 Å². The normalized spacial score (nSPS) is 19.4. The minimum absolute atomic E-state index is 0.282. The summed E-state index contributed by atoms with van der Waals surface area (Å²) in [6, 6.07) is 3.23. The summed E-state index contributed by atoms with van der Waals surface area (Å²) in [5.74, 6) is -0.0696. The Bertz CT molecular complexity index is 391. The molecule has 1 N–H and O–H groups in total. The SMILES string of the molecule is O=C(O)c1cccnc1SCCC1CCCO1. The Morgan fingerprint density at radius 1 is 1.65 bits per heavy atom. The number of carboxylic acids is 1. The van der Waals surface area contributed by atoms with Gasteiger partial charge in [-0.25, -0.2) is 9.78 Å². The summed E-state index contributed by atoms with van der Waals surface area (Å²) in [6.07, 6.45) is 5.19. The highest BCUT2D eigenvalue weighted by Gasteiger charge is 2.16. The van der Waals surface area contributed by atoms with Crippen LogP contribution in [0.2, 0.25) is 0 Å². The summed E-state index contributed by atoms with van der Waals surface area (Å²) in [6.45, 7) is 0.860. The summed E-state index contributed by atoms with van der Waals surface area (Å²) in [5.41, 5.74) is 0.282. The Balaban J connectivity index is 1.87. The second kappa shape index (κ2) is 6.02. The van der Waals surface area contributed by atoms with Gasteiger partial charge in [0.1, 0.15) is 5.03 Å².